The molecule has 1 aromatic rings. The van der Waals surface area contributed by atoms with Gasteiger partial charge in [-0.25, -0.2) is 0 Å². The van der Waals surface area contributed by atoms with Crippen LogP contribution in [0.1, 0.15) is 0 Å². The van der Waals surface area contributed by atoms with Crippen LogP contribution < -0.4 is 5.46 Å². The van der Waals surface area contributed by atoms with Gasteiger partial charge in [0.05, 0.1) is 0 Å². The minimum atomic E-state index is -4.46. The van der Waals surface area contributed by atoms with Crippen LogP contribution in [0.15, 0.2) is 12.4 Å². The predicted octanol–water partition coefficient (Wildman–Crippen LogP) is 0.153. The summed E-state index contributed by atoms with van der Waals surface area (Å²) in [4.78, 5) is 0. The Morgan fingerprint density at radius 3 is 2.30 bits per heavy atom. The van der Waals surface area contributed by atoms with E-state index < -0.39 is 6.30 Å². The van der Waals surface area contributed by atoms with Crippen LogP contribution in [0.3, 0.4) is 0 Å². The van der Waals surface area contributed by atoms with Gasteiger partial charge in [0.25, 0.3) is 0 Å². The standard InChI is InChI=1S/C4H2BF3N2/c5-3-1-9-10(2-3)4(6,7)8/h1-2H. The Labute approximate surface area is 56.1 Å². The summed E-state index contributed by atoms with van der Waals surface area (Å²) in [7, 11) is 4.99. The Morgan fingerprint density at radius 1 is 1.50 bits per heavy atom. The zero-order chi connectivity index (χ0) is 7.78. The van der Waals surface area contributed by atoms with E-state index in [1.54, 1.807) is 0 Å². The highest BCUT2D eigenvalue weighted by atomic mass is 19.4. The molecule has 6 heteroatoms. The maximum atomic E-state index is 11.6. The highest BCUT2D eigenvalue weighted by molar-refractivity contribution is 6.31. The van der Waals surface area contributed by atoms with Crippen molar-refractivity contribution in [3.8, 4) is 0 Å². The first kappa shape index (κ1) is 7.18. The van der Waals surface area contributed by atoms with E-state index in [2.05, 4.69) is 5.10 Å². The van der Waals surface area contributed by atoms with Crippen molar-refractivity contribution in [2.45, 2.75) is 6.30 Å². The molecule has 0 saturated carbocycles. The Kier molecular flexibility index (Phi) is 1.46. The molecule has 0 amide bonds. The lowest BCUT2D eigenvalue weighted by Crippen LogP contribution is -2.17. The molecule has 10 heavy (non-hydrogen) atoms. The van der Waals surface area contributed by atoms with Crippen molar-refractivity contribution in [2.24, 2.45) is 0 Å². The number of nitrogens with zero attached hydrogens (tertiary/aromatic N) is 2. The predicted molar refractivity (Wildman–Crippen MR) is 28.9 cm³/mol. The second-order valence-electron chi connectivity index (χ2n) is 1.69. The zero-order valence-electron chi connectivity index (χ0n) is 4.76. The molecule has 0 aliphatic rings. The van der Waals surface area contributed by atoms with Gasteiger partial charge < -0.3 is 0 Å². The first-order chi connectivity index (χ1) is 4.50. The van der Waals surface area contributed by atoms with Crippen LogP contribution in [0.2, 0.25) is 0 Å². The molecule has 1 aromatic heterocycles. The van der Waals surface area contributed by atoms with Gasteiger partial charge >= 0.3 is 6.30 Å². The monoisotopic (exact) mass is 146 g/mol. The van der Waals surface area contributed by atoms with Crippen LogP contribution in [0.5, 0.6) is 0 Å². The van der Waals surface area contributed by atoms with E-state index in [9.17, 15) is 13.2 Å². The highest BCUT2D eigenvalue weighted by Gasteiger charge is 2.30. The molecule has 2 radical (unpaired) electrons. The molecule has 2 nitrogen and oxygen atoms in total. The molecule has 0 unspecified atom stereocenters. The maximum Gasteiger partial charge on any atom is 0.504 e. The van der Waals surface area contributed by atoms with Crippen molar-refractivity contribution in [1.29, 1.82) is 0 Å². The van der Waals surface area contributed by atoms with E-state index in [0.717, 1.165) is 6.20 Å². The molecule has 0 N–H and O–H groups in total. The van der Waals surface area contributed by atoms with Crippen LogP contribution in [-0.4, -0.2) is 17.6 Å². The van der Waals surface area contributed by atoms with Crippen LogP contribution in [0.4, 0.5) is 13.2 Å². The first-order valence-corrected chi connectivity index (χ1v) is 2.37. The lowest BCUT2D eigenvalue weighted by Gasteiger charge is -2.03. The van der Waals surface area contributed by atoms with E-state index in [0.29, 0.717) is 6.20 Å². The summed E-state index contributed by atoms with van der Waals surface area (Å²) in [6, 6.07) is 0. The summed E-state index contributed by atoms with van der Waals surface area (Å²) in [5.41, 5.74) is -0.00248. The normalized spacial score (nSPS) is 11.9. The van der Waals surface area contributed by atoms with E-state index in [-0.39, 0.29) is 10.1 Å². The van der Waals surface area contributed by atoms with Gasteiger partial charge in [-0.05, 0) is 0 Å². The SMILES string of the molecule is [B]c1cnn(C(F)(F)F)c1. The van der Waals surface area contributed by atoms with Crippen molar-refractivity contribution in [3.05, 3.63) is 12.4 Å². The van der Waals surface area contributed by atoms with Gasteiger partial charge in [-0.15, -0.1) is 13.2 Å². The molecule has 0 atom stereocenters. The second kappa shape index (κ2) is 2.03. The summed E-state index contributed by atoms with van der Waals surface area (Å²) in [6.45, 7) is 0. The molecule has 0 bridgehead atoms. The van der Waals surface area contributed by atoms with Gasteiger partial charge in [0.1, 0.15) is 7.85 Å². The van der Waals surface area contributed by atoms with Crippen molar-refractivity contribution in [2.75, 3.05) is 0 Å². The van der Waals surface area contributed by atoms with Gasteiger partial charge in [0.2, 0.25) is 0 Å². The second-order valence-corrected chi connectivity index (χ2v) is 1.69. The van der Waals surface area contributed by atoms with Crippen LogP contribution in [0, 0.1) is 0 Å². The molecule has 1 heterocycles. The van der Waals surface area contributed by atoms with Crippen molar-refractivity contribution < 1.29 is 13.2 Å². The van der Waals surface area contributed by atoms with Gasteiger partial charge in [-0.1, -0.05) is 5.46 Å². The number of hydrogen-bond donors (Lipinski definition) is 0. The fourth-order valence-corrected chi connectivity index (χ4v) is 0.475. The van der Waals surface area contributed by atoms with Crippen molar-refractivity contribution >= 4 is 13.3 Å². The minimum Gasteiger partial charge on any atom is -0.180 e. The molecule has 0 spiro atoms. The average molecular weight is 146 g/mol. The average Bonchev–Trinajstić information content (AvgIpc) is 2.11. The van der Waals surface area contributed by atoms with Crippen molar-refractivity contribution in [3.63, 3.8) is 0 Å². The lowest BCUT2D eigenvalue weighted by molar-refractivity contribution is -0.212. The Bertz CT molecular complexity index is 229. The first-order valence-electron chi connectivity index (χ1n) is 2.37. The summed E-state index contributed by atoms with van der Waals surface area (Å²) in [5, 5.41) is 2.95. The number of rotatable bonds is 0. The van der Waals surface area contributed by atoms with Gasteiger partial charge in [0.15, 0.2) is 0 Å². The largest absolute Gasteiger partial charge is 0.504 e. The van der Waals surface area contributed by atoms with Gasteiger partial charge in [0, 0.05) is 12.4 Å². The Balaban J connectivity index is 2.96. The number of halogens is 3. The van der Waals surface area contributed by atoms with Gasteiger partial charge in [-0.2, -0.15) is 9.78 Å². The van der Waals surface area contributed by atoms with Crippen molar-refractivity contribution in [1.82, 2.24) is 9.78 Å². The molecule has 0 saturated heterocycles. The molecule has 1 rings (SSSR count). The molecule has 0 fully saturated rings. The van der Waals surface area contributed by atoms with E-state index >= 15 is 0 Å². The summed E-state index contributed by atoms with van der Waals surface area (Å²) >= 11 is 0. The van der Waals surface area contributed by atoms with Gasteiger partial charge in [-0.3, -0.25) is 0 Å². The highest BCUT2D eigenvalue weighted by Crippen LogP contribution is 2.18. The summed E-state index contributed by atoms with van der Waals surface area (Å²) in [5.74, 6) is 0. The molecule has 0 aliphatic carbocycles. The number of alkyl halides is 3. The molecular weight excluding hydrogens is 144 g/mol. The van der Waals surface area contributed by atoms with E-state index in [4.69, 9.17) is 7.85 Å². The minimum absolute atomic E-state index is 0.00248. The topological polar surface area (TPSA) is 17.8 Å². The third-order valence-electron chi connectivity index (χ3n) is 0.862. The molecule has 0 aromatic carbocycles. The smallest absolute Gasteiger partial charge is 0.180 e. The van der Waals surface area contributed by atoms with Crippen LogP contribution in [-0.2, 0) is 6.30 Å². The van der Waals surface area contributed by atoms with Crippen LogP contribution in [0.25, 0.3) is 0 Å². The molecule has 52 valence electrons. The third-order valence-corrected chi connectivity index (χ3v) is 0.862. The quantitative estimate of drug-likeness (QED) is 0.476. The molecule has 0 aliphatic heterocycles. The lowest BCUT2D eigenvalue weighted by atomic mass is 10.0. The van der Waals surface area contributed by atoms with Crippen LogP contribution >= 0.6 is 0 Å². The Hall–Kier alpha value is -0.935. The zero-order valence-corrected chi connectivity index (χ0v) is 4.76. The third kappa shape index (κ3) is 1.31. The fourth-order valence-electron chi connectivity index (χ4n) is 0.475. The Morgan fingerprint density at radius 2 is 2.10 bits per heavy atom. The number of aromatic nitrogens is 2. The summed E-state index contributed by atoms with van der Waals surface area (Å²) < 4.78 is 34.8. The maximum absolute atomic E-state index is 11.6. The van der Waals surface area contributed by atoms with E-state index in [1.165, 1.54) is 0 Å². The molecular formula is C4H2BF3N2. The van der Waals surface area contributed by atoms with E-state index in [1.807, 2.05) is 0 Å². The fraction of sp³-hybridized carbons (Fsp3) is 0.250. The summed E-state index contributed by atoms with van der Waals surface area (Å²) in [6.07, 6.45) is -2.81. The number of hydrogen-bond acceptors (Lipinski definition) is 1.